The lowest BCUT2D eigenvalue weighted by Gasteiger charge is -2.32. The molecule has 8 heteroatoms. The van der Waals surface area contributed by atoms with Gasteiger partial charge in [-0.15, -0.1) is 0 Å². The molecule has 1 atom stereocenters. The van der Waals surface area contributed by atoms with Gasteiger partial charge in [-0.2, -0.15) is 5.10 Å². The lowest BCUT2D eigenvalue weighted by atomic mass is 10.2. The Balaban J connectivity index is 1.48. The number of benzene rings is 2. The number of fused-ring (bicyclic) bond motifs is 1. The van der Waals surface area contributed by atoms with Crippen LogP contribution in [-0.2, 0) is 16.1 Å². The molecule has 0 unspecified atom stereocenters. The van der Waals surface area contributed by atoms with E-state index in [1.807, 2.05) is 24.3 Å². The second-order valence-corrected chi connectivity index (χ2v) is 7.14. The molecule has 2 amide bonds. The van der Waals surface area contributed by atoms with Gasteiger partial charge in [0.1, 0.15) is 18.1 Å². The van der Waals surface area contributed by atoms with Gasteiger partial charge in [0.15, 0.2) is 6.10 Å². The van der Waals surface area contributed by atoms with Gasteiger partial charge in [-0.1, -0.05) is 35.9 Å². The van der Waals surface area contributed by atoms with Crippen LogP contribution in [0.4, 0.5) is 11.5 Å². The number of hydrogen-bond donors (Lipinski definition) is 1. The summed E-state index contributed by atoms with van der Waals surface area (Å²) in [6.45, 7) is 2.01. The fraction of sp³-hybridized carbons (Fsp3) is 0.190. The highest BCUT2D eigenvalue weighted by Gasteiger charge is 2.32. The fourth-order valence-corrected chi connectivity index (χ4v) is 3.43. The number of rotatable bonds is 5. The zero-order valence-electron chi connectivity index (χ0n) is 15.7. The van der Waals surface area contributed by atoms with Crippen molar-refractivity contribution < 1.29 is 14.3 Å². The fourth-order valence-electron chi connectivity index (χ4n) is 3.22. The van der Waals surface area contributed by atoms with Gasteiger partial charge in [-0.3, -0.25) is 14.5 Å². The molecule has 1 N–H and O–H groups in total. The smallest absolute Gasteiger partial charge is 0.268 e. The number of nitrogens with zero attached hydrogens (tertiary/aromatic N) is 3. The van der Waals surface area contributed by atoms with E-state index in [1.165, 1.54) is 4.90 Å². The monoisotopic (exact) mass is 410 g/mol. The first-order valence-corrected chi connectivity index (χ1v) is 9.52. The lowest BCUT2D eigenvalue weighted by Crippen LogP contribution is -2.47. The highest BCUT2D eigenvalue weighted by Crippen LogP contribution is 2.33. The molecule has 4 rings (SSSR count). The Morgan fingerprint density at radius 3 is 2.86 bits per heavy atom. The van der Waals surface area contributed by atoms with Crippen molar-refractivity contribution in [2.45, 2.75) is 19.6 Å². The van der Waals surface area contributed by atoms with Crippen molar-refractivity contribution in [1.82, 2.24) is 9.78 Å². The van der Waals surface area contributed by atoms with Crippen LogP contribution in [-0.4, -0.2) is 34.2 Å². The minimum absolute atomic E-state index is 0.119. The Morgan fingerprint density at radius 1 is 1.21 bits per heavy atom. The van der Waals surface area contributed by atoms with E-state index < -0.39 is 6.10 Å². The molecule has 2 heterocycles. The average Bonchev–Trinajstić information content (AvgIpc) is 3.12. The van der Waals surface area contributed by atoms with Gasteiger partial charge in [-0.25, -0.2) is 4.68 Å². The molecule has 0 fully saturated rings. The molecule has 0 saturated heterocycles. The third-order valence-electron chi connectivity index (χ3n) is 4.58. The molecule has 0 bridgehead atoms. The lowest BCUT2D eigenvalue weighted by molar-refractivity contribution is -0.127. The van der Waals surface area contributed by atoms with Crippen LogP contribution in [0.1, 0.15) is 12.5 Å². The minimum atomic E-state index is -0.647. The van der Waals surface area contributed by atoms with E-state index in [9.17, 15) is 9.59 Å². The van der Waals surface area contributed by atoms with Gasteiger partial charge in [0.25, 0.3) is 5.91 Å². The van der Waals surface area contributed by atoms with Crippen LogP contribution in [0.5, 0.6) is 5.75 Å². The number of amides is 2. The van der Waals surface area contributed by atoms with Gasteiger partial charge >= 0.3 is 0 Å². The van der Waals surface area contributed by atoms with Crippen LogP contribution < -0.4 is 15.0 Å². The molecule has 1 aliphatic heterocycles. The van der Waals surface area contributed by atoms with Crippen molar-refractivity contribution in [3.05, 3.63) is 71.4 Å². The number of carbonyl (C=O) groups is 2. The summed E-state index contributed by atoms with van der Waals surface area (Å²) in [7, 11) is 0. The van der Waals surface area contributed by atoms with Crippen molar-refractivity contribution >= 4 is 34.9 Å². The summed E-state index contributed by atoms with van der Waals surface area (Å²) < 4.78 is 7.28. The summed E-state index contributed by atoms with van der Waals surface area (Å²) in [5.74, 6) is 0.539. The van der Waals surface area contributed by atoms with Crippen molar-refractivity contribution in [1.29, 1.82) is 0 Å². The minimum Gasteiger partial charge on any atom is -0.479 e. The zero-order chi connectivity index (χ0) is 20.4. The summed E-state index contributed by atoms with van der Waals surface area (Å²) in [6.07, 6.45) is 0.961. The zero-order valence-corrected chi connectivity index (χ0v) is 16.5. The van der Waals surface area contributed by atoms with Crippen molar-refractivity contribution in [2.24, 2.45) is 0 Å². The largest absolute Gasteiger partial charge is 0.479 e. The number of halogens is 1. The summed E-state index contributed by atoms with van der Waals surface area (Å²) >= 11 is 6.04. The third-order valence-corrected chi connectivity index (χ3v) is 4.82. The standard InChI is InChI=1S/C21H19ClN4O3/c1-14-21(28)25(17-7-2-3-8-18(17)29-14)13-20(27)24-19-9-10-23-26(19)12-15-5-4-6-16(22)11-15/h2-11,14H,12-13H2,1H3,(H,24,27)/t14-/m1/s1. The van der Waals surface area contributed by atoms with Crippen LogP contribution in [0, 0.1) is 0 Å². The molecule has 29 heavy (non-hydrogen) atoms. The number of para-hydroxylation sites is 2. The van der Waals surface area contributed by atoms with Crippen LogP contribution >= 0.6 is 11.6 Å². The summed E-state index contributed by atoms with van der Waals surface area (Å²) in [5.41, 5.74) is 1.54. The van der Waals surface area contributed by atoms with Crippen molar-refractivity contribution in [2.75, 3.05) is 16.8 Å². The van der Waals surface area contributed by atoms with Crippen molar-refractivity contribution in [3.8, 4) is 5.75 Å². The molecule has 148 valence electrons. The van der Waals surface area contributed by atoms with Crippen LogP contribution in [0.2, 0.25) is 5.02 Å². The molecule has 3 aromatic rings. The molecular weight excluding hydrogens is 392 g/mol. The molecule has 1 aromatic heterocycles. The Kier molecular flexibility index (Phi) is 5.22. The number of nitrogens with one attached hydrogen (secondary N) is 1. The van der Waals surface area contributed by atoms with Gasteiger partial charge in [0.05, 0.1) is 18.4 Å². The Labute approximate surface area is 172 Å². The molecule has 2 aromatic carbocycles. The highest BCUT2D eigenvalue weighted by atomic mass is 35.5. The van der Waals surface area contributed by atoms with Gasteiger partial charge in [0, 0.05) is 11.1 Å². The van der Waals surface area contributed by atoms with Crippen LogP contribution in [0.25, 0.3) is 0 Å². The van der Waals surface area contributed by atoms with E-state index in [4.69, 9.17) is 16.3 Å². The van der Waals surface area contributed by atoms with E-state index in [0.29, 0.717) is 28.8 Å². The quantitative estimate of drug-likeness (QED) is 0.699. The first kappa shape index (κ1) is 19.0. The van der Waals surface area contributed by atoms with Gasteiger partial charge in [-0.05, 0) is 36.8 Å². The first-order valence-electron chi connectivity index (χ1n) is 9.14. The number of anilines is 2. The Hall–Kier alpha value is -3.32. The number of hydrogen-bond acceptors (Lipinski definition) is 4. The second kappa shape index (κ2) is 7.97. The highest BCUT2D eigenvalue weighted by molar-refractivity contribution is 6.30. The predicted molar refractivity (Wildman–Crippen MR) is 110 cm³/mol. The third kappa shape index (κ3) is 4.09. The van der Waals surface area contributed by atoms with Gasteiger partial charge in [0.2, 0.25) is 5.91 Å². The summed E-state index contributed by atoms with van der Waals surface area (Å²) in [6, 6.07) is 16.3. The molecule has 0 spiro atoms. The van der Waals surface area contributed by atoms with Gasteiger partial charge < -0.3 is 10.1 Å². The summed E-state index contributed by atoms with van der Waals surface area (Å²) in [4.78, 5) is 26.7. The molecule has 7 nitrogen and oxygen atoms in total. The molecule has 0 saturated carbocycles. The second-order valence-electron chi connectivity index (χ2n) is 6.70. The normalized spacial score (nSPS) is 15.6. The number of carbonyl (C=O) groups excluding carboxylic acids is 2. The maximum atomic E-state index is 12.7. The maximum absolute atomic E-state index is 12.7. The van der Waals surface area contributed by atoms with Crippen LogP contribution in [0.15, 0.2) is 60.8 Å². The van der Waals surface area contributed by atoms with E-state index in [-0.39, 0.29) is 18.4 Å². The molecular formula is C21H19ClN4O3. The van der Waals surface area contributed by atoms with E-state index in [2.05, 4.69) is 10.4 Å². The van der Waals surface area contributed by atoms with Crippen molar-refractivity contribution in [3.63, 3.8) is 0 Å². The SMILES string of the molecule is C[C@H]1Oc2ccccc2N(CC(=O)Nc2ccnn2Cc2cccc(Cl)c2)C1=O. The topological polar surface area (TPSA) is 76.5 Å². The van der Waals surface area contributed by atoms with E-state index >= 15 is 0 Å². The van der Waals surface area contributed by atoms with Crippen LogP contribution in [0.3, 0.4) is 0 Å². The number of aromatic nitrogens is 2. The molecule has 0 radical (unpaired) electrons. The molecule has 1 aliphatic rings. The van der Waals surface area contributed by atoms with E-state index in [0.717, 1.165) is 5.56 Å². The molecule has 0 aliphatic carbocycles. The number of ether oxygens (including phenoxy) is 1. The average molecular weight is 411 g/mol. The predicted octanol–water partition coefficient (Wildman–Crippen LogP) is 3.34. The first-order chi connectivity index (χ1) is 14.0. The Bertz CT molecular complexity index is 1070. The Morgan fingerprint density at radius 2 is 2.03 bits per heavy atom. The maximum Gasteiger partial charge on any atom is 0.268 e. The van der Waals surface area contributed by atoms with E-state index in [1.54, 1.807) is 48.1 Å². The summed E-state index contributed by atoms with van der Waals surface area (Å²) in [5, 5.41) is 7.73.